The third-order valence-electron chi connectivity index (χ3n) is 0.775. The third kappa shape index (κ3) is 94.1. The summed E-state index contributed by atoms with van der Waals surface area (Å²) in [6, 6.07) is 0. The second-order valence-corrected chi connectivity index (χ2v) is 2.64. The maximum atomic E-state index is 9.19. The van der Waals surface area contributed by atoms with Crippen molar-refractivity contribution in [3.8, 4) is 0 Å². The largest absolute Gasteiger partial charge is 4.00 e. The first-order chi connectivity index (χ1) is 11.1. The Morgan fingerprint density at radius 1 is 0.480 bits per heavy atom. The van der Waals surface area contributed by atoms with E-state index >= 15 is 0 Å². The standard InChI is InChI=1S/4C2H3NO3.Ir/c4*4-2(5)1-3-6;/h4*1H2,(H,4,5);/q;;;;+4/p-4. The van der Waals surface area contributed by atoms with Gasteiger partial charge in [-0.15, -0.1) is 0 Å². The van der Waals surface area contributed by atoms with Gasteiger partial charge >= 0.3 is 20.1 Å². The molecule has 0 N–H and O–H groups in total. The number of hydrogen-bond acceptors (Lipinski definition) is 16. The van der Waals surface area contributed by atoms with Crippen LogP contribution in [0, 0.1) is 19.6 Å². The maximum Gasteiger partial charge on any atom is 4.00 e. The van der Waals surface area contributed by atoms with Gasteiger partial charge in [0.15, 0.2) is 0 Å². The smallest absolute Gasteiger partial charge is 0.548 e. The maximum absolute atomic E-state index is 9.19. The van der Waals surface area contributed by atoms with Gasteiger partial charge in [0, 0.05) is 0 Å². The number of carbonyl (C=O) groups excluding carboxylic acids is 4. The Labute approximate surface area is 150 Å². The minimum absolute atomic E-state index is 0. The third-order valence-corrected chi connectivity index (χ3v) is 0.775. The summed E-state index contributed by atoms with van der Waals surface area (Å²) in [5.74, 6) is -5.76. The Hall–Kier alpha value is -3.07. The predicted molar refractivity (Wildman–Crippen MR) is 62.7 cm³/mol. The number of hydrogen-bond donors (Lipinski definition) is 0. The molecular weight excluding hydrogens is 536 g/mol. The van der Waals surface area contributed by atoms with E-state index in [1.54, 1.807) is 0 Å². The summed E-state index contributed by atoms with van der Waals surface area (Å²) in [4.78, 5) is 72.6. The minimum atomic E-state index is -1.44. The van der Waals surface area contributed by atoms with Crippen molar-refractivity contribution in [1.82, 2.24) is 0 Å². The number of aliphatic carboxylic acids is 4. The van der Waals surface area contributed by atoms with Crippen molar-refractivity contribution >= 4 is 23.9 Å². The Balaban J connectivity index is -0.0000000702. The van der Waals surface area contributed by atoms with Crippen LogP contribution < -0.4 is 20.4 Å². The fourth-order valence-corrected chi connectivity index (χ4v) is 0.211. The molecule has 0 aliphatic carbocycles. The Kier molecular flexibility index (Phi) is 38.9. The monoisotopic (exact) mass is 545 g/mol. The molecule has 0 aromatic heterocycles. The first-order valence-electron chi connectivity index (χ1n) is 5.04. The molecule has 0 saturated carbocycles. The fourth-order valence-electron chi connectivity index (χ4n) is 0.211. The van der Waals surface area contributed by atoms with E-state index in [1.165, 1.54) is 0 Å². The summed E-state index contributed by atoms with van der Waals surface area (Å²) in [5.41, 5.74) is 0. The molecule has 0 spiro atoms. The molecule has 0 unspecified atom stereocenters. The summed E-state index contributed by atoms with van der Waals surface area (Å²) >= 11 is 0. The number of carbonyl (C=O) groups is 4. The molecule has 0 aliphatic rings. The molecule has 0 aliphatic heterocycles. The molecular formula is C8H8IrN4O12. The van der Waals surface area contributed by atoms with E-state index in [4.69, 9.17) is 19.6 Å². The molecule has 141 valence electrons. The van der Waals surface area contributed by atoms with Crippen LogP contribution in [0.1, 0.15) is 0 Å². The number of rotatable bonds is 8. The molecule has 16 nitrogen and oxygen atoms in total. The molecule has 1 radical (unpaired) electrons. The number of nitrogens with zero attached hydrogens (tertiary/aromatic N) is 4. The second-order valence-electron chi connectivity index (χ2n) is 2.64. The van der Waals surface area contributed by atoms with Gasteiger partial charge in [-0.3, -0.25) is 0 Å². The van der Waals surface area contributed by atoms with Gasteiger partial charge in [-0.2, -0.15) is 19.6 Å². The van der Waals surface area contributed by atoms with E-state index in [0.717, 1.165) is 0 Å². The average molecular weight is 544 g/mol. The first-order valence-corrected chi connectivity index (χ1v) is 5.04. The van der Waals surface area contributed by atoms with Gasteiger partial charge in [0.1, 0.15) is 26.2 Å². The van der Waals surface area contributed by atoms with Crippen LogP contribution in [0.3, 0.4) is 0 Å². The van der Waals surface area contributed by atoms with Gasteiger partial charge < -0.3 is 39.6 Å². The summed E-state index contributed by atoms with van der Waals surface area (Å²) in [5, 5.41) is 44.9. The van der Waals surface area contributed by atoms with E-state index < -0.39 is 50.1 Å². The quantitative estimate of drug-likeness (QED) is 0.258. The molecule has 0 heterocycles. The summed E-state index contributed by atoms with van der Waals surface area (Å²) in [6.45, 7) is -3.00. The molecule has 0 rings (SSSR count). The zero-order valence-electron chi connectivity index (χ0n) is 11.8. The molecule has 0 aromatic carbocycles. The SMILES string of the molecule is O=NCC(=O)[O-].O=NCC(=O)[O-].O=NCC(=O)[O-].O=NCC(=O)[O-].[Ir+4]. The topological polar surface area (TPSA) is 278 Å². The van der Waals surface area contributed by atoms with Crippen molar-refractivity contribution in [3.63, 3.8) is 0 Å². The van der Waals surface area contributed by atoms with Crippen LogP contribution in [-0.2, 0) is 39.3 Å². The molecule has 0 amide bonds. The normalized spacial score (nSPS) is 7.04. The van der Waals surface area contributed by atoms with Crippen LogP contribution >= 0.6 is 0 Å². The van der Waals surface area contributed by atoms with E-state index in [0.29, 0.717) is 0 Å². The van der Waals surface area contributed by atoms with Crippen molar-refractivity contribution < 1.29 is 59.7 Å². The van der Waals surface area contributed by atoms with Crippen LogP contribution in [0.5, 0.6) is 0 Å². The van der Waals surface area contributed by atoms with Gasteiger partial charge in [0.2, 0.25) is 0 Å². The van der Waals surface area contributed by atoms with Crippen molar-refractivity contribution in [2.24, 2.45) is 20.7 Å². The molecule has 0 bridgehead atoms. The minimum Gasteiger partial charge on any atom is -0.548 e. The van der Waals surface area contributed by atoms with Crippen molar-refractivity contribution in [3.05, 3.63) is 19.6 Å². The van der Waals surface area contributed by atoms with Crippen molar-refractivity contribution in [2.75, 3.05) is 26.2 Å². The van der Waals surface area contributed by atoms with E-state index in [1.807, 2.05) is 20.7 Å². The van der Waals surface area contributed by atoms with Crippen LogP contribution in [-0.4, -0.2) is 50.1 Å². The summed E-state index contributed by atoms with van der Waals surface area (Å²) in [7, 11) is 0. The van der Waals surface area contributed by atoms with Gasteiger partial charge in [0.05, 0.1) is 23.9 Å². The van der Waals surface area contributed by atoms with Gasteiger partial charge in [-0.05, 0) is 0 Å². The molecule has 0 atom stereocenters. The Morgan fingerprint density at radius 3 is 0.600 bits per heavy atom. The van der Waals surface area contributed by atoms with Crippen LogP contribution in [0.15, 0.2) is 20.7 Å². The second kappa shape index (κ2) is 29.0. The summed E-state index contributed by atoms with van der Waals surface area (Å²) < 4.78 is 0. The number of carboxylic acids is 4. The number of carboxylic acid groups (broad SMARTS) is 4. The molecule has 0 fully saturated rings. The molecule has 17 heteroatoms. The molecule has 0 saturated heterocycles. The zero-order valence-corrected chi connectivity index (χ0v) is 14.2. The van der Waals surface area contributed by atoms with E-state index in [-0.39, 0.29) is 20.1 Å². The average Bonchev–Trinajstić information content (AvgIpc) is 2.39. The summed E-state index contributed by atoms with van der Waals surface area (Å²) in [6.07, 6.45) is 0. The van der Waals surface area contributed by atoms with E-state index in [2.05, 4.69) is 0 Å². The van der Waals surface area contributed by atoms with Gasteiger partial charge in [-0.25, -0.2) is 0 Å². The first kappa shape index (κ1) is 33.5. The van der Waals surface area contributed by atoms with Gasteiger partial charge in [0.25, 0.3) is 0 Å². The molecule has 0 aromatic rings. The Morgan fingerprint density at radius 2 is 0.600 bits per heavy atom. The number of nitroso groups, excluding NO2 is 4. The van der Waals surface area contributed by atoms with Gasteiger partial charge in [-0.1, -0.05) is 20.7 Å². The van der Waals surface area contributed by atoms with Crippen LogP contribution in [0.4, 0.5) is 0 Å². The zero-order chi connectivity index (χ0) is 20.0. The predicted octanol–water partition coefficient (Wildman–Crippen LogP) is -5.99. The molecule has 25 heavy (non-hydrogen) atoms. The van der Waals surface area contributed by atoms with Crippen LogP contribution in [0.2, 0.25) is 0 Å². The fraction of sp³-hybridized carbons (Fsp3) is 0.500. The van der Waals surface area contributed by atoms with E-state index in [9.17, 15) is 39.6 Å². The van der Waals surface area contributed by atoms with Crippen LogP contribution in [0.25, 0.3) is 0 Å². The Bertz CT molecular complexity index is 363. The van der Waals surface area contributed by atoms with Crippen molar-refractivity contribution in [1.29, 1.82) is 0 Å². The van der Waals surface area contributed by atoms with Crippen molar-refractivity contribution in [2.45, 2.75) is 0 Å².